The van der Waals surface area contributed by atoms with E-state index in [1.54, 1.807) is 13.4 Å². The summed E-state index contributed by atoms with van der Waals surface area (Å²) < 4.78 is 18.3. The van der Waals surface area contributed by atoms with Crippen molar-refractivity contribution in [2.75, 3.05) is 19.9 Å². The molecule has 0 heterocycles. The highest BCUT2D eigenvalue weighted by atomic mass is 79.9. The lowest BCUT2D eigenvalue weighted by Gasteiger charge is -2.12. The highest BCUT2D eigenvalue weighted by Gasteiger charge is 2.09. The van der Waals surface area contributed by atoms with E-state index < -0.39 is 10.8 Å². The van der Waals surface area contributed by atoms with Crippen LogP contribution in [0.1, 0.15) is 12.5 Å². The highest BCUT2D eigenvalue weighted by molar-refractivity contribution is 9.11. The summed E-state index contributed by atoms with van der Waals surface area (Å²) in [5, 5.41) is 3.46. The average molecular weight is 399 g/mol. The Morgan fingerprint density at radius 3 is 2.39 bits per heavy atom. The summed E-state index contributed by atoms with van der Waals surface area (Å²) in [5.41, 5.74) is 1.14. The van der Waals surface area contributed by atoms with E-state index in [-0.39, 0.29) is 5.25 Å². The van der Waals surface area contributed by atoms with E-state index in [4.69, 9.17) is 4.74 Å². The van der Waals surface area contributed by atoms with Crippen LogP contribution in [-0.2, 0) is 17.3 Å². The Hall–Kier alpha value is 0.0900. The maximum atomic E-state index is 11.2. The van der Waals surface area contributed by atoms with Gasteiger partial charge in [-0.1, -0.05) is 0 Å². The predicted molar refractivity (Wildman–Crippen MR) is 83.6 cm³/mol. The molecule has 0 bridgehead atoms. The number of benzene rings is 1. The first-order valence-corrected chi connectivity index (χ1v) is 8.71. The van der Waals surface area contributed by atoms with Gasteiger partial charge in [0.2, 0.25) is 0 Å². The second-order valence-electron chi connectivity index (χ2n) is 4.03. The summed E-state index contributed by atoms with van der Waals surface area (Å²) in [6.45, 7) is 3.45. The molecule has 0 amide bonds. The number of hydrogen-bond donors (Lipinski definition) is 1. The molecule has 3 nitrogen and oxygen atoms in total. The van der Waals surface area contributed by atoms with Crippen LogP contribution >= 0.6 is 31.9 Å². The van der Waals surface area contributed by atoms with Crippen molar-refractivity contribution < 1.29 is 8.95 Å². The summed E-state index contributed by atoms with van der Waals surface area (Å²) in [5.74, 6) is 0.793. The third-order valence-corrected chi connectivity index (χ3v) is 5.07. The third-order valence-electron chi connectivity index (χ3n) is 2.59. The maximum absolute atomic E-state index is 11.2. The molecule has 0 aliphatic carbocycles. The molecule has 2 atom stereocenters. The Morgan fingerprint density at radius 2 is 1.94 bits per heavy atom. The van der Waals surface area contributed by atoms with Crippen LogP contribution < -0.4 is 10.1 Å². The van der Waals surface area contributed by atoms with Gasteiger partial charge in [0.05, 0.1) is 16.1 Å². The van der Waals surface area contributed by atoms with E-state index in [0.29, 0.717) is 0 Å². The third kappa shape index (κ3) is 4.64. The first-order chi connectivity index (χ1) is 8.45. The molecule has 102 valence electrons. The van der Waals surface area contributed by atoms with E-state index >= 15 is 0 Å². The van der Waals surface area contributed by atoms with E-state index in [0.717, 1.165) is 33.3 Å². The molecule has 1 rings (SSSR count). The van der Waals surface area contributed by atoms with Gasteiger partial charge in [0, 0.05) is 35.4 Å². The van der Waals surface area contributed by atoms with E-state index in [2.05, 4.69) is 37.2 Å². The van der Waals surface area contributed by atoms with Crippen molar-refractivity contribution in [1.29, 1.82) is 0 Å². The van der Waals surface area contributed by atoms with Gasteiger partial charge in [-0.2, -0.15) is 0 Å². The van der Waals surface area contributed by atoms with Crippen molar-refractivity contribution in [2.45, 2.75) is 18.7 Å². The van der Waals surface area contributed by atoms with E-state index in [1.807, 2.05) is 19.1 Å². The van der Waals surface area contributed by atoms with Crippen LogP contribution in [0.4, 0.5) is 0 Å². The number of ether oxygens (including phenoxy) is 1. The molecule has 6 heteroatoms. The van der Waals surface area contributed by atoms with E-state index in [1.165, 1.54) is 0 Å². The van der Waals surface area contributed by atoms with Crippen molar-refractivity contribution >= 4 is 42.7 Å². The fourth-order valence-electron chi connectivity index (χ4n) is 1.45. The smallest absolute Gasteiger partial charge is 0.147 e. The fraction of sp³-hybridized carbons (Fsp3) is 0.500. The molecule has 0 fully saturated rings. The molecule has 18 heavy (non-hydrogen) atoms. The SMILES string of the molecule is COc1c(Br)cc(CNCC(C)S(C)=O)cc1Br. The minimum Gasteiger partial charge on any atom is -0.494 e. The second kappa shape index (κ2) is 7.62. The van der Waals surface area contributed by atoms with Gasteiger partial charge in [-0.3, -0.25) is 4.21 Å². The molecule has 0 aliphatic heterocycles. The standard InChI is InChI=1S/C12H17Br2NO2S/c1-8(18(3)16)6-15-7-9-4-10(13)12(17-2)11(14)5-9/h4-5,8,15H,6-7H2,1-3H3. The minimum absolute atomic E-state index is 0.162. The molecular weight excluding hydrogens is 382 g/mol. The minimum atomic E-state index is -0.783. The molecular formula is C12H17Br2NO2S. The van der Waals surface area contributed by atoms with Gasteiger partial charge in [0.25, 0.3) is 0 Å². The summed E-state index contributed by atoms with van der Waals surface area (Å²) in [6.07, 6.45) is 1.73. The van der Waals surface area contributed by atoms with Gasteiger partial charge >= 0.3 is 0 Å². The van der Waals surface area contributed by atoms with Crippen LogP contribution in [0.15, 0.2) is 21.1 Å². The van der Waals surface area contributed by atoms with Gasteiger partial charge in [-0.25, -0.2) is 0 Å². The molecule has 1 aromatic rings. The topological polar surface area (TPSA) is 38.3 Å². The van der Waals surface area contributed by atoms with Gasteiger partial charge in [0.15, 0.2) is 0 Å². The Kier molecular flexibility index (Phi) is 6.84. The second-order valence-corrected chi connectivity index (χ2v) is 7.54. The lowest BCUT2D eigenvalue weighted by atomic mass is 10.2. The molecule has 0 radical (unpaired) electrons. The number of rotatable bonds is 6. The van der Waals surface area contributed by atoms with Crippen LogP contribution in [0.2, 0.25) is 0 Å². The van der Waals surface area contributed by atoms with Crippen molar-refractivity contribution in [3.8, 4) is 5.75 Å². The zero-order chi connectivity index (χ0) is 13.7. The molecule has 1 N–H and O–H groups in total. The average Bonchev–Trinajstić information content (AvgIpc) is 2.28. The monoisotopic (exact) mass is 397 g/mol. The summed E-state index contributed by atoms with van der Waals surface area (Å²) in [7, 11) is 0.857. The van der Waals surface area contributed by atoms with Crippen molar-refractivity contribution in [3.63, 3.8) is 0 Å². The maximum Gasteiger partial charge on any atom is 0.147 e. The highest BCUT2D eigenvalue weighted by Crippen LogP contribution is 2.34. The van der Waals surface area contributed by atoms with Crippen LogP contribution in [0.5, 0.6) is 5.75 Å². The Labute approximate surface area is 127 Å². The Balaban J connectivity index is 2.61. The van der Waals surface area contributed by atoms with Gasteiger partial charge in [0.1, 0.15) is 5.75 Å². The van der Waals surface area contributed by atoms with E-state index in [9.17, 15) is 4.21 Å². The number of halogens is 2. The molecule has 0 saturated carbocycles. The predicted octanol–water partition coefficient (Wildman–Crippen LogP) is 3.08. The van der Waals surface area contributed by atoms with Gasteiger partial charge in [-0.05, 0) is 56.5 Å². The fourth-order valence-corrected chi connectivity index (χ4v) is 3.40. The number of hydrogen-bond acceptors (Lipinski definition) is 3. The lowest BCUT2D eigenvalue weighted by Crippen LogP contribution is -2.27. The van der Waals surface area contributed by atoms with Crippen LogP contribution in [0.25, 0.3) is 0 Å². The normalized spacial score (nSPS) is 14.3. The quantitative estimate of drug-likeness (QED) is 0.800. The van der Waals surface area contributed by atoms with Crippen LogP contribution in [-0.4, -0.2) is 29.4 Å². The molecule has 0 aromatic heterocycles. The largest absolute Gasteiger partial charge is 0.494 e. The van der Waals surface area contributed by atoms with Gasteiger partial charge < -0.3 is 10.1 Å². The lowest BCUT2D eigenvalue weighted by molar-refractivity contribution is 0.409. The van der Waals surface area contributed by atoms with Crippen molar-refractivity contribution in [2.24, 2.45) is 0 Å². The molecule has 0 spiro atoms. The van der Waals surface area contributed by atoms with Crippen LogP contribution in [0.3, 0.4) is 0 Å². The Bertz CT molecular complexity index is 417. The van der Waals surface area contributed by atoms with Crippen LogP contribution in [0, 0.1) is 0 Å². The molecule has 2 unspecified atom stereocenters. The Morgan fingerprint density at radius 1 is 1.39 bits per heavy atom. The summed E-state index contributed by atoms with van der Waals surface area (Å²) in [4.78, 5) is 0. The summed E-state index contributed by atoms with van der Waals surface area (Å²) >= 11 is 6.94. The first kappa shape index (κ1) is 16.1. The number of nitrogens with one attached hydrogen (secondary N) is 1. The zero-order valence-electron chi connectivity index (χ0n) is 10.6. The van der Waals surface area contributed by atoms with Crippen molar-refractivity contribution in [1.82, 2.24) is 5.32 Å². The summed E-state index contributed by atoms with van der Waals surface area (Å²) in [6, 6.07) is 4.04. The molecule has 1 aromatic carbocycles. The van der Waals surface area contributed by atoms with Crippen molar-refractivity contribution in [3.05, 3.63) is 26.6 Å². The molecule has 0 aliphatic rings. The number of methoxy groups -OCH3 is 1. The van der Waals surface area contributed by atoms with Gasteiger partial charge in [-0.15, -0.1) is 0 Å². The molecule has 0 saturated heterocycles. The first-order valence-electron chi connectivity index (χ1n) is 5.50. The zero-order valence-corrected chi connectivity index (χ0v) is 14.6.